The smallest absolute Gasteiger partial charge is 0.251 e. The van der Waals surface area contributed by atoms with E-state index in [2.05, 4.69) is 4.90 Å². The van der Waals surface area contributed by atoms with E-state index in [1.165, 1.54) is 38.5 Å². The summed E-state index contributed by atoms with van der Waals surface area (Å²) in [5, 5.41) is 0. The van der Waals surface area contributed by atoms with Gasteiger partial charge in [0.15, 0.2) is 0 Å². The van der Waals surface area contributed by atoms with Gasteiger partial charge in [0.05, 0.1) is 6.10 Å². The standard InChI is InChI=1S/C15H26N2O2/c16-10-12-7-8-14(19-12)15(18)17-9-3-5-11-4-1-2-6-13(11)17/h11-14H,1-10,16H2/t11-,12?,13-,14?/m1/s1. The highest BCUT2D eigenvalue weighted by Gasteiger charge is 2.40. The van der Waals surface area contributed by atoms with Gasteiger partial charge in [-0.05, 0) is 44.4 Å². The van der Waals surface area contributed by atoms with E-state index >= 15 is 0 Å². The lowest BCUT2D eigenvalue weighted by molar-refractivity contribution is -0.149. The van der Waals surface area contributed by atoms with Crippen molar-refractivity contribution >= 4 is 5.91 Å². The fraction of sp³-hybridized carbons (Fsp3) is 0.933. The van der Waals surface area contributed by atoms with Gasteiger partial charge in [-0.15, -0.1) is 0 Å². The second-order valence-electron chi connectivity index (χ2n) is 6.35. The Kier molecular flexibility index (Phi) is 4.08. The largest absolute Gasteiger partial charge is 0.364 e. The topological polar surface area (TPSA) is 55.6 Å². The molecule has 3 fully saturated rings. The number of amides is 1. The Bertz CT molecular complexity index is 332. The minimum Gasteiger partial charge on any atom is -0.364 e. The van der Waals surface area contributed by atoms with Crippen LogP contribution in [0.1, 0.15) is 51.4 Å². The number of hydrogen-bond donors (Lipinski definition) is 1. The SMILES string of the molecule is NCC1CCC(C(=O)N2CCC[C@H]3CCCC[C@H]32)O1. The summed E-state index contributed by atoms with van der Waals surface area (Å²) >= 11 is 0. The molecule has 0 aromatic rings. The Hall–Kier alpha value is -0.610. The highest BCUT2D eigenvalue weighted by molar-refractivity contribution is 5.81. The van der Waals surface area contributed by atoms with Crippen molar-refractivity contribution in [3.8, 4) is 0 Å². The minimum absolute atomic E-state index is 0.0980. The van der Waals surface area contributed by atoms with Crippen molar-refractivity contribution in [2.45, 2.75) is 69.6 Å². The molecule has 2 N–H and O–H groups in total. The zero-order valence-electron chi connectivity index (χ0n) is 11.7. The summed E-state index contributed by atoms with van der Waals surface area (Å²) in [7, 11) is 0. The Balaban J connectivity index is 1.65. The molecule has 0 aromatic carbocycles. The number of fused-ring (bicyclic) bond motifs is 1. The molecule has 2 aliphatic heterocycles. The van der Waals surface area contributed by atoms with Gasteiger partial charge in [-0.3, -0.25) is 4.79 Å². The molecule has 0 spiro atoms. The highest BCUT2D eigenvalue weighted by atomic mass is 16.5. The van der Waals surface area contributed by atoms with E-state index in [-0.39, 0.29) is 18.1 Å². The number of nitrogens with two attached hydrogens (primary N) is 1. The Morgan fingerprint density at radius 2 is 1.89 bits per heavy atom. The third-order valence-electron chi connectivity index (χ3n) is 5.17. The number of likely N-dealkylation sites (tertiary alicyclic amines) is 1. The number of ether oxygens (including phenoxy) is 1. The monoisotopic (exact) mass is 266 g/mol. The van der Waals surface area contributed by atoms with E-state index in [9.17, 15) is 4.79 Å². The molecule has 2 saturated heterocycles. The van der Waals surface area contributed by atoms with E-state index in [4.69, 9.17) is 10.5 Å². The summed E-state index contributed by atoms with van der Waals surface area (Å²) in [4.78, 5) is 14.8. The van der Waals surface area contributed by atoms with Crippen molar-refractivity contribution in [1.29, 1.82) is 0 Å². The van der Waals surface area contributed by atoms with Crippen molar-refractivity contribution in [2.24, 2.45) is 11.7 Å². The molecular weight excluding hydrogens is 240 g/mol. The molecule has 108 valence electrons. The van der Waals surface area contributed by atoms with Crippen molar-refractivity contribution in [3.63, 3.8) is 0 Å². The Labute approximate surface area is 115 Å². The van der Waals surface area contributed by atoms with Crippen LogP contribution in [0.25, 0.3) is 0 Å². The van der Waals surface area contributed by atoms with Gasteiger partial charge in [0.1, 0.15) is 6.10 Å². The van der Waals surface area contributed by atoms with E-state index in [0.717, 1.165) is 25.3 Å². The van der Waals surface area contributed by atoms with Crippen molar-refractivity contribution in [1.82, 2.24) is 4.90 Å². The zero-order chi connectivity index (χ0) is 13.2. The maximum absolute atomic E-state index is 12.7. The van der Waals surface area contributed by atoms with Gasteiger partial charge in [0.25, 0.3) is 5.91 Å². The van der Waals surface area contributed by atoms with Crippen LogP contribution in [0.2, 0.25) is 0 Å². The average molecular weight is 266 g/mol. The molecule has 1 aliphatic carbocycles. The molecule has 3 aliphatic rings. The quantitative estimate of drug-likeness (QED) is 0.827. The van der Waals surface area contributed by atoms with Gasteiger partial charge >= 0.3 is 0 Å². The summed E-state index contributed by atoms with van der Waals surface area (Å²) < 4.78 is 5.79. The first-order valence-electron chi connectivity index (χ1n) is 7.95. The number of carbonyl (C=O) groups is 1. The second kappa shape index (κ2) is 5.80. The lowest BCUT2D eigenvalue weighted by Crippen LogP contribution is -2.52. The lowest BCUT2D eigenvalue weighted by atomic mass is 9.78. The molecule has 0 aromatic heterocycles. The second-order valence-corrected chi connectivity index (χ2v) is 6.35. The third kappa shape index (κ3) is 2.65. The van der Waals surface area contributed by atoms with Crippen molar-refractivity contribution in [2.75, 3.05) is 13.1 Å². The van der Waals surface area contributed by atoms with E-state index in [0.29, 0.717) is 12.6 Å². The number of hydrogen-bond acceptors (Lipinski definition) is 3. The number of nitrogens with zero attached hydrogens (tertiary/aromatic N) is 1. The van der Waals surface area contributed by atoms with Gasteiger partial charge in [-0.25, -0.2) is 0 Å². The molecule has 4 heteroatoms. The van der Waals surface area contributed by atoms with Crippen LogP contribution in [0.3, 0.4) is 0 Å². The van der Waals surface area contributed by atoms with Crippen LogP contribution in [-0.4, -0.2) is 42.1 Å². The number of rotatable bonds is 2. The predicted octanol–water partition coefficient (Wildman–Crippen LogP) is 1.67. The molecule has 0 radical (unpaired) electrons. The maximum Gasteiger partial charge on any atom is 0.251 e. The summed E-state index contributed by atoms with van der Waals surface area (Å²) in [6.45, 7) is 1.48. The van der Waals surface area contributed by atoms with Crippen LogP contribution in [0, 0.1) is 5.92 Å². The molecular formula is C15H26N2O2. The Morgan fingerprint density at radius 1 is 1.11 bits per heavy atom. The number of carbonyl (C=O) groups excluding carboxylic acids is 1. The van der Waals surface area contributed by atoms with Gasteiger partial charge < -0.3 is 15.4 Å². The van der Waals surface area contributed by atoms with Crippen molar-refractivity contribution < 1.29 is 9.53 Å². The summed E-state index contributed by atoms with van der Waals surface area (Å²) in [5.41, 5.74) is 5.63. The molecule has 2 heterocycles. The maximum atomic E-state index is 12.7. The van der Waals surface area contributed by atoms with Gasteiger partial charge in [0.2, 0.25) is 0 Å². The van der Waals surface area contributed by atoms with Gasteiger partial charge in [-0.2, -0.15) is 0 Å². The van der Waals surface area contributed by atoms with Crippen LogP contribution in [0.5, 0.6) is 0 Å². The van der Waals surface area contributed by atoms with Crippen LogP contribution in [0.15, 0.2) is 0 Å². The molecule has 1 saturated carbocycles. The summed E-state index contributed by atoms with van der Waals surface area (Å²) in [5.74, 6) is 0.991. The van der Waals surface area contributed by atoms with Crippen LogP contribution >= 0.6 is 0 Å². The summed E-state index contributed by atoms with van der Waals surface area (Å²) in [6.07, 6.45) is 9.29. The molecule has 19 heavy (non-hydrogen) atoms. The molecule has 4 atom stereocenters. The molecule has 2 unspecified atom stereocenters. The van der Waals surface area contributed by atoms with E-state index in [1.807, 2.05) is 0 Å². The first-order chi connectivity index (χ1) is 9.29. The molecule has 0 bridgehead atoms. The van der Waals surface area contributed by atoms with Gasteiger partial charge in [-0.1, -0.05) is 12.8 Å². The molecule has 3 rings (SSSR count). The van der Waals surface area contributed by atoms with E-state index in [1.54, 1.807) is 0 Å². The Morgan fingerprint density at radius 3 is 2.68 bits per heavy atom. The third-order valence-corrected chi connectivity index (χ3v) is 5.17. The van der Waals surface area contributed by atoms with Gasteiger partial charge in [0, 0.05) is 19.1 Å². The fourth-order valence-electron chi connectivity index (χ4n) is 4.14. The fourth-order valence-corrected chi connectivity index (χ4v) is 4.14. The van der Waals surface area contributed by atoms with Crippen LogP contribution in [0.4, 0.5) is 0 Å². The molecule has 4 nitrogen and oxygen atoms in total. The summed E-state index contributed by atoms with van der Waals surface area (Å²) in [6, 6.07) is 0.496. The first-order valence-corrected chi connectivity index (χ1v) is 7.95. The highest BCUT2D eigenvalue weighted by Crippen LogP contribution is 2.36. The van der Waals surface area contributed by atoms with E-state index < -0.39 is 0 Å². The minimum atomic E-state index is -0.214. The number of piperidine rings is 1. The average Bonchev–Trinajstić information content (AvgIpc) is 2.95. The zero-order valence-corrected chi connectivity index (χ0v) is 11.7. The predicted molar refractivity (Wildman–Crippen MR) is 73.6 cm³/mol. The first kappa shape index (κ1) is 13.4. The molecule has 1 amide bonds. The van der Waals surface area contributed by atoms with Crippen molar-refractivity contribution in [3.05, 3.63) is 0 Å². The van der Waals surface area contributed by atoms with Crippen LogP contribution < -0.4 is 5.73 Å². The normalized spacial score (nSPS) is 39.1. The lowest BCUT2D eigenvalue weighted by Gasteiger charge is -2.44. The van der Waals surface area contributed by atoms with Crippen LogP contribution in [-0.2, 0) is 9.53 Å².